The van der Waals surface area contributed by atoms with E-state index in [0.717, 1.165) is 27.5 Å². The Hall–Kier alpha value is -3.19. The van der Waals surface area contributed by atoms with Gasteiger partial charge >= 0.3 is 0 Å². The molecule has 0 aliphatic heterocycles. The highest BCUT2D eigenvalue weighted by Gasteiger charge is 2.24. The van der Waals surface area contributed by atoms with Crippen molar-refractivity contribution in [1.82, 2.24) is 15.5 Å². The van der Waals surface area contributed by atoms with Gasteiger partial charge in [-0.2, -0.15) is 0 Å². The molecule has 0 aliphatic rings. The van der Waals surface area contributed by atoms with E-state index in [-0.39, 0.29) is 11.8 Å². The number of aliphatic hydroxyl groups is 1. The molecule has 7 heteroatoms. The summed E-state index contributed by atoms with van der Waals surface area (Å²) in [5.41, 5.74) is 3.26. The summed E-state index contributed by atoms with van der Waals surface area (Å²) in [5.74, 6) is 2.04. The molecule has 0 fully saturated rings. The molecule has 3 rings (SSSR count). The van der Waals surface area contributed by atoms with Crippen molar-refractivity contribution in [3.63, 3.8) is 0 Å². The molecule has 0 aliphatic carbocycles. The number of benzene rings is 3. The van der Waals surface area contributed by atoms with Crippen LogP contribution in [0.15, 0.2) is 72.8 Å². The van der Waals surface area contributed by atoms with Gasteiger partial charge < -0.3 is 20.6 Å². The summed E-state index contributed by atoms with van der Waals surface area (Å²) in [6.07, 6.45) is 6.96. The van der Waals surface area contributed by atoms with Gasteiger partial charge in [0.05, 0.1) is 12.1 Å². The van der Waals surface area contributed by atoms with E-state index >= 15 is 0 Å². The Bertz CT molecular complexity index is 1300. The van der Waals surface area contributed by atoms with Crippen LogP contribution in [0.3, 0.4) is 0 Å². The third-order valence-corrected chi connectivity index (χ3v) is 7.21. The summed E-state index contributed by atoms with van der Waals surface area (Å²) in [5, 5.41) is 17.5. The maximum Gasteiger partial charge on any atom is 0.253 e. The summed E-state index contributed by atoms with van der Waals surface area (Å²) in [7, 11) is 0. The van der Waals surface area contributed by atoms with E-state index in [1.165, 1.54) is 0 Å². The van der Waals surface area contributed by atoms with Crippen molar-refractivity contribution in [2.45, 2.75) is 51.8 Å². The van der Waals surface area contributed by atoms with Gasteiger partial charge in [-0.15, -0.1) is 6.42 Å². The first-order chi connectivity index (χ1) is 19.3. The number of amides is 2. The van der Waals surface area contributed by atoms with Crippen molar-refractivity contribution >= 4 is 34.4 Å². The predicted octanol–water partition coefficient (Wildman–Crippen LogP) is 5.03. The average molecular weight is 652 g/mol. The first kappa shape index (κ1) is 31.3. The number of carbonyl (C=O) groups excluding carboxylic acids is 2. The molecule has 0 saturated heterocycles. The molecule has 40 heavy (non-hydrogen) atoms. The SMILES string of the molecule is C#Cc1cc(C(=O)N[C@H](Cc2ccccc2)[C@@H](O)CNCc2cccc(I)c2)cc(C(=O)N(CCC)CCC)c1. The normalized spacial score (nSPS) is 12.3. The molecule has 6 nitrogen and oxygen atoms in total. The number of hydrogen-bond donors (Lipinski definition) is 3. The number of halogens is 1. The van der Waals surface area contributed by atoms with E-state index in [1.807, 2.05) is 62.4 Å². The number of hydrogen-bond acceptors (Lipinski definition) is 4. The van der Waals surface area contributed by atoms with Gasteiger partial charge in [0.15, 0.2) is 0 Å². The number of nitrogens with one attached hydrogen (secondary N) is 2. The third-order valence-electron chi connectivity index (χ3n) is 6.53. The van der Waals surface area contributed by atoms with E-state index in [2.05, 4.69) is 45.2 Å². The van der Waals surface area contributed by atoms with Crippen LogP contribution in [0.2, 0.25) is 0 Å². The van der Waals surface area contributed by atoms with Crippen LogP contribution in [-0.4, -0.2) is 53.6 Å². The van der Waals surface area contributed by atoms with Crippen LogP contribution in [0.5, 0.6) is 0 Å². The van der Waals surface area contributed by atoms with Crippen molar-refractivity contribution in [2.24, 2.45) is 0 Å². The summed E-state index contributed by atoms with van der Waals surface area (Å²) in [6.45, 7) is 6.21. The van der Waals surface area contributed by atoms with E-state index < -0.39 is 12.1 Å². The Morgan fingerprint density at radius 1 is 0.950 bits per heavy atom. The molecule has 3 aromatic carbocycles. The Morgan fingerprint density at radius 2 is 1.62 bits per heavy atom. The topological polar surface area (TPSA) is 81.7 Å². The molecular weight excluding hydrogens is 613 g/mol. The van der Waals surface area contributed by atoms with Crippen LogP contribution in [0, 0.1) is 15.9 Å². The van der Waals surface area contributed by atoms with Gasteiger partial charge in [-0.25, -0.2) is 0 Å². The van der Waals surface area contributed by atoms with Crippen molar-refractivity contribution in [3.8, 4) is 12.3 Å². The number of carbonyl (C=O) groups is 2. The van der Waals surface area contributed by atoms with Gasteiger partial charge in [0, 0.05) is 46.4 Å². The van der Waals surface area contributed by atoms with Crippen LogP contribution < -0.4 is 10.6 Å². The quantitative estimate of drug-likeness (QED) is 0.169. The number of terminal acetylenes is 1. The van der Waals surface area contributed by atoms with E-state index in [9.17, 15) is 14.7 Å². The zero-order valence-corrected chi connectivity index (χ0v) is 25.4. The Morgan fingerprint density at radius 3 is 2.27 bits per heavy atom. The van der Waals surface area contributed by atoms with Crippen molar-refractivity contribution in [2.75, 3.05) is 19.6 Å². The molecular formula is C33H38IN3O3. The Kier molecular flexibility index (Phi) is 12.7. The highest BCUT2D eigenvalue weighted by molar-refractivity contribution is 14.1. The molecule has 3 N–H and O–H groups in total. The summed E-state index contributed by atoms with van der Waals surface area (Å²) >= 11 is 2.27. The fourth-order valence-electron chi connectivity index (χ4n) is 4.56. The second kappa shape index (κ2) is 16.2. The van der Waals surface area contributed by atoms with Crippen molar-refractivity contribution in [3.05, 3.63) is 104 Å². The lowest BCUT2D eigenvalue weighted by atomic mass is 9.99. The zero-order valence-electron chi connectivity index (χ0n) is 23.2. The molecule has 210 valence electrons. The zero-order chi connectivity index (χ0) is 28.9. The van der Waals surface area contributed by atoms with Crippen LogP contribution in [0.1, 0.15) is 64.1 Å². The van der Waals surface area contributed by atoms with Gasteiger partial charge in [0.1, 0.15) is 0 Å². The molecule has 0 heterocycles. The fraction of sp³-hybridized carbons (Fsp3) is 0.333. The standard InChI is InChI=1S/C33H38IN3O3/c1-4-15-37(16-5-2)33(40)28-18-24(6-3)17-27(21-28)32(39)36-30(20-25-11-8-7-9-12-25)31(38)23-35-22-26-13-10-14-29(34)19-26/h3,7-14,17-19,21,30-31,35,38H,4-5,15-16,20,22-23H2,1-2H3,(H,36,39)/t30-,31+/m1/s1. The molecule has 0 aromatic heterocycles. The lowest BCUT2D eigenvalue weighted by molar-refractivity contribution is 0.0755. The molecule has 2 atom stereocenters. The minimum Gasteiger partial charge on any atom is -0.390 e. The molecule has 0 radical (unpaired) electrons. The first-order valence-corrected chi connectivity index (χ1v) is 14.8. The Balaban J connectivity index is 1.79. The van der Waals surface area contributed by atoms with E-state index in [1.54, 1.807) is 23.1 Å². The second-order valence-corrected chi connectivity index (χ2v) is 11.1. The summed E-state index contributed by atoms with van der Waals surface area (Å²) in [4.78, 5) is 28.6. The van der Waals surface area contributed by atoms with Crippen molar-refractivity contribution < 1.29 is 14.7 Å². The van der Waals surface area contributed by atoms with Crippen LogP contribution in [0.25, 0.3) is 0 Å². The molecule has 0 unspecified atom stereocenters. The second-order valence-electron chi connectivity index (χ2n) is 9.83. The van der Waals surface area contributed by atoms with Gasteiger partial charge in [-0.05, 0) is 83.3 Å². The highest BCUT2D eigenvalue weighted by Crippen LogP contribution is 2.15. The van der Waals surface area contributed by atoms with Crippen LogP contribution in [0.4, 0.5) is 0 Å². The molecule has 0 spiro atoms. The lowest BCUT2D eigenvalue weighted by Crippen LogP contribution is -2.48. The van der Waals surface area contributed by atoms with Crippen molar-refractivity contribution in [1.29, 1.82) is 0 Å². The largest absolute Gasteiger partial charge is 0.390 e. The van der Waals surface area contributed by atoms with Crippen LogP contribution in [-0.2, 0) is 13.0 Å². The van der Waals surface area contributed by atoms with Gasteiger partial charge in [-0.3, -0.25) is 9.59 Å². The van der Waals surface area contributed by atoms with Crippen LogP contribution >= 0.6 is 22.6 Å². The monoisotopic (exact) mass is 651 g/mol. The van der Waals surface area contributed by atoms with Gasteiger partial charge in [0.25, 0.3) is 11.8 Å². The first-order valence-electron chi connectivity index (χ1n) is 13.7. The maximum atomic E-state index is 13.5. The van der Waals surface area contributed by atoms with Gasteiger partial charge in [0.2, 0.25) is 0 Å². The average Bonchev–Trinajstić information content (AvgIpc) is 2.96. The predicted molar refractivity (Wildman–Crippen MR) is 169 cm³/mol. The van der Waals surface area contributed by atoms with Gasteiger partial charge in [-0.1, -0.05) is 62.2 Å². The number of aliphatic hydroxyl groups excluding tert-OH is 1. The van der Waals surface area contributed by atoms with E-state index in [4.69, 9.17) is 6.42 Å². The molecule has 0 saturated carbocycles. The smallest absolute Gasteiger partial charge is 0.253 e. The Labute approximate surface area is 251 Å². The highest BCUT2D eigenvalue weighted by atomic mass is 127. The minimum absolute atomic E-state index is 0.143. The third kappa shape index (κ3) is 9.47. The summed E-state index contributed by atoms with van der Waals surface area (Å²) < 4.78 is 1.14. The summed E-state index contributed by atoms with van der Waals surface area (Å²) in [6, 6.07) is 22.2. The lowest BCUT2D eigenvalue weighted by Gasteiger charge is -2.25. The number of nitrogens with zero attached hydrogens (tertiary/aromatic N) is 1. The van der Waals surface area contributed by atoms with E-state index in [0.29, 0.717) is 49.3 Å². The number of rotatable bonds is 14. The molecule has 2 amide bonds. The minimum atomic E-state index is -0.853. The molecule has 0 bridgehead atoms. The fourth-order valence-corrected chi connectivity index (χ4v) is 5.17. The maximum absolute atomic E-state index is 13.5. The molecule has 3 aromatic rings.